The lowest BCUT2D eigenvalue weighted by atomic mass is 9.82. The zero-order valence-electron chi connectivity index (χ0n) is 90.2. The highest BCUT2D eigenvalue weighted by Crippen LogP contribution is 2.35. The molecular formula is C116H152Cl5F5N12O6. The van der Waals surface area contributed by atoms with Crippen LogP contribution in [0.5, 0.6) is 0 Å². The smallest absolute Gasteiger partial charge is 0.184 e. The zero-order chi connectivity index (χ0) is 108. The third-order valence-electron chi connectivity index (χ3n) is 25.5. The molecule has 0 aliphatic rings. The highest BCUT2D eigenvalue weighted by atomic mass is 35.5. The maximum atomic E-state index is 14.1. The number of aromatic nitrogens is 12. The largest absolute Gasteiger partial charge is 0.292 e. The Hall–Kier alpha value is -10.3. The Balaban J connectivity index is 0.000000263. The van der Waals surface area contributed by atoms with Crippen molar-refractivity contribution in [2.45, 2.75) is 320 Å². The van der Waals surface area contributed by atoms with Crippen LogP contribution in [0.25, 0.3) is 0 Å². The van der Waals surface area contributed by atoms with Crippen molar-refractivity contribution < 1.29 is 50.7 Å². The molecule has 0 spiro atoms. The number of rotatable bonds is 34. The standard InChI is InChI=1S/C20H27ClN2O.3C19H24ClFN2O.C19H25ClN2O.C19H25FN2O.CH3F/c1-6-16-18(21)19(23(5)22-16)17(24)13-10-14-8-11-15(12-9-14)20(3,4)7-2;1-12(21)17-16(20)18(23(5)22-17)15(24)11-8-13-6-9-14(10-7-13)19(2,3)4;1-19(2,3)14-8-5-13(6-9-14)7-10-16(24)18-17(20)15(11-12-21)22-23(18)4;1-5-15-17(20)18(23(12-21)22-15)16(24)11-8-13-6-9-14(10-7-13)19(2,3)4;2*1-6-15-17(20)18(22(5)21-15)16(23)12-9-13-7-10-14(11-8-13)19(2,3)4;1-2/h8-9,11-12H,6-7,10,13H2,1-5H3;6-7,9-10,12H,8,11H2,1-5H3;5-6,8-9H,7,10-12H2,1-4H3;6-7,9-10H,5,8,11-12H2,1-4H3;2*7-8,10-11H,6,9,12H2,1-5H3;1H3/i;3*21-1;;20-1;2-1. The summed E-state index contributed by atoms with van der Waals surface area (Å²) in [4.78, 5) is 74.7. The van der Waals surface area contributed by atoms with Crippen LogP contribution in [0.15, 0.2) is 146 Å². The highest BCUT2D eigenvalue weighted by Gasteiger charge is 2.30. The predicted molar refractivity (Wildman–Crippen MR) is 580 cm³/mol. The van der Waals surface area contributed by atoms with Crippen LogP contribution in [0, 0.1) is 5.82 Å². The molecular weight excluding hydrogens is 1920 g/mol. The summed E-state index contributed by atoms with van der Waals surface area (Å²) in [5.41, 5.74) is 20.2. The topological polar surface area (TPSA) is 209 Å². The van der Waals surface area contributed by atoms with Gasteiger partial charge in [-0.05, 0) is 177 Å². The van der Waals surface area contributed by atoms with Crippen molar-refractivity contribution in [2.24, 2.45) is 35.2 Å². The molecule has 0 saturated carbocycles. The molecule has 0 saturated heterocycles. The van der Waals surface area contributed by atoms with Gasteiger partial charge in [-0.2, -0.15) is 30.6 Å². The van der Waals surface area contributed by atoms with Gasteiger partial charge in [-0.1, -0.05) is 356 Å². The second-order valence-corrected chi connectivity index (χ2v) is 43.9. The fraction of sp³-hybridized carbons (Fsp3) is 0.483. The van der Waals surface area contributed by atoms with E-state index in [0.29, 0.717) is 128 Å². The van der Waals surface area contributed by atoms with E-state index in [4.69, 9.17) is 58.0 Å². The van der Waals surface area contributed by atoms with Crippen LogP contribution in [-0.4, -0.2) is 107 Å². The number of halogens is 10. The molecule has 782 valence electrons. The number of Topliss-reactive ketones (excluding diaryl/α,β-unsaturated/α-hetero) is 6. The summed E-state index contributed by atoms with van der Waals surface area (Å²) >= 11 is 31.1. The van der Waals surface area contributed by atoms with Crippen LogP contribution >= 0.6 is 58.0 Å². The third kappa shape index (κ3) is 34.4. The predicted octanol–water partition coefficient (Wildman–Crippen LogP) is 29.8. The minimum absolute atomic E-state index is 0.0459. The Labute approximate surface area is 877 Å². The van der Waals surface area contributed by atoms with Crippen LogP contribution in [0.3, 0.4) is 0 Å². The first-order valence-electron chi connectivity index (χ1n) is 49.6. The van der Waals surface area contributed by atoms with Crippen molar-refractivity contribution in [1.29, 1.82) is 0 Å². The van der Waals surface area contributed by atoms with Crippen LogP contribution in [0.4, 0.5) is 22.0 Å². The third-order valence-corrected chi connectivity index (χ3v) is 27.5. The first-order valence-corrected chi connectivity index (χ1v) is 51.5. The van der Waals surface area contributed by atoms with E-state index in [-0.39, 0.29) is 124 Å². The van der Waals surface area contributed by atoms with Crippen LogP contribution < -0.4 is 0 Å². The molecule has 1 atom stereocenters. The SMILES string of the molecule is CC([18F])c1nn(C)c(C(=O)CCc2ccc(C(C)(C)C)cc2)c1Cl.CCc1nn(C)c(C(=O)CCc2ccc(C(C)(C)C)cc2)c1Cl.CCc1nn(C)c(C(=O)CCc2ccc(C(C)(C)C)cc2)c1[18F].CCc1nn(C)c(C(=O)CCc2ccc(C(C)(C)CC)cc2)c1Cl.CCc1nn(C[18F])c(C(=O)CCc2ccc(C(C)(C)C)cc2)c1Cl.C[18F].Cn1nc(CC[18F])c(Cl)c1C(=O)CCc1ccc(C(C)(C)C)cc1. The van der Waals surface area contributed by atoms with Crippen LogP contribution in [0.2, 0.25) is 25.1 Å². The van der Waals surface area contributed by atoms with Crippen molar-refractivity contribution >= 4 is 92.7 Å². The molecule has 0 fully saturated rings. The fourth-order valence-corrected chi connectivity index (χ4v) is 17.9. The number of hydrogen-bond donors (Lipinski definition) is 0. The Morgan fingerprint density at radius 1 is 0.299 bits per heavy atom. The molecule has 6 heterocycles. The summed E-state index contributed by atoms with van der Waals surface area (Å²) in [6.45, 7) is 47.0. The lowest BCUT2D eigenvalue weighted by Gasteiger charge is -2.23. The van der Waals surface area contributed by atoms with Gasteiger partial charge in [0.1, 0.15) is 46.0 Å². The van der Waals surface area contributed by atoms with E-state index in [0.717, 1.165) is 57.6 Å². The number of nitrogens with zero attached hydrogens (tertiary/aromatic N) is 12. The van der Waals surface area contributed by atoms with Gasteiger partial charge in [0.2, 0.25) is 0 Å². The molecule has 144 heavy (non-hydrogen) atoms. The molecule has 1 unspecified atom stereocenters. The summed E-state index contributed by atoms with van der Waals surface area (Å²) < 4.78 is 71.2. The quantitative estimate of drug-likeness (QED) is 0.0272. The molecule has 0 bridgehead atoms. The summed E-state index contributed by atoms with van der Waals surface area (Å²) in [6, 6.07) is 50.3. The van der Waals surface area contributed by atoms with Crippen molar-refractivity contribution in [3.63, 3.8) is 0 Å². The average Bonchev–Trinajstić information content (AvgIpc) is 1.66. The van der Waals surface area contributed by atoms with Crippen LogP contribution in [0.1, 0.15) is 374 Å². The highest BCUT2D eigenvalue weighted by molar-refractivity contribution is 6.36. The maximum absolute atomic E-state index is 14.1. The Morgan fingerprint density at radius 3 is 0.743 bits per heavy atom. The van der Waals surface area contributed by atoms with Gasteiger partial charge in [0.15, 0.2) is 47.3 Å². The zero-order valence-corrected chi connectivity index (χ0v) is 94.0. The number of hydrogen-bond acceptors (Lipinski definition) is 12. The van der Waals surface area contributed by atoms with E-state index in [1.807, 2.05) is 64.1 Å². The maximum Gasteiger partial charge on any atom is 0.184 e. The minimum atomic E-state index is -1.30. The molecule has 0 radical (unpaired) electrons. The summed E-state index contributed by atoms with van der Waals surface area (Å²) in [5, 5.41) is 26.6. The Bertz CT molecular complexity index is 6090. The van der Waals surface area contributed by atoms with Crippen molar-refractivity contribution in [3.05, 3.63) is 312 Å². The number of carbonyl (C=O) groups excluding carboxylic acids is 6. The van der Waals surface area contributed by atoms with E-state index >= 15 is 0 Å². The molecule has 6 aromatic carbocycles. The van der Waals surface area contributed by atoms with Gasteiger partial charge in [-0.15, -0.1) is 0 Å². The Kier molecular flexibility index (Phi) is 46.7. The van der Waals surface area contributed by atoms with Gasteiger partial charge < -0.3 is 0 Å². The molecule has 0 aliphatic carbocycles. The lowest BCUT2D eigenvalue weighted by molar-refractivity contribution is 0.0960. The second kappa shape index (κ2) is 54.9. The van der Waals surface area contributed by atoms with Gasteiger partial charge >= 0.3 is 0 Å². The molecule has 28 heteroatoms. The number of carbonyl (C=O) groups is 6. The number of benzene rings is 6. The first-order chi connectivity index (χ1) is 67.4. The molecule has 0 amide bonds. The Morgan fingerprint density at radius 2 is 0.514 bits per heavy atom. The summed E-state index contributed by atoms with van der Waals surface area (Å²) in [6.07, 6.45) is 8.46. The van der Waals surface area contributed by atoms with E-state index in [1.165, 1.54) is 65.5 Å². The van der Waals surface area contributed by atoms with Crippen molar-refractivity contribution in [2.75, 3.05) is 13.9 Å². The van der Waals surface area contributed by atoms with E-state index < -0.39 is 25.5 Å². The normalized spacial score (nSPS) is 11.9. The molecule has 0 N–H and O–H groups in total. The van der Waals surface area contributed by atoms with Gasteiger partial charge in [-0.3, -0.25) is 61.0 Å². The first kappa shape index (κ1) is 122. The summed E-state index contributed by atoms with van der Waals surface area (Å²) in [5.74, 6) is -0.941. The molecule has 12 aromatic rings. The number of alkyl halides is 4. The minimum Gasteiger partial charge on any atom is -0.292 e. The van der Waals surface area contributed by atoms with Gasteiger partial charge in [0.25, 0.3) is 0 Å². The van der Waals surface area contributed by atoms with Gasteiger partial charge in [0.05, 0.1) is 67.4 Å². The van der Waals surface area contributed by atoms with Crippen LogP contribution in [-0.2, 0) is 145 Å². The summed E-state index contributed by atoms with van der Waals surface area (Å²) in [7, 11) is 8.95. The average molecular weight is 2080 g/mol. The lowest BCUT2D eigenvalue weighted by Crippen LogP contribution is -2.15. The van der Waals surface area contributed by atoms with Gasteiger partial charge in [0, 0.05) is 80.2 Å². The van der Waals surface area contributed by atoms with E-state index in [9.17, 15) is 50.7 Å². The number of aryl methyl sites for hydroxylation is 16. The fourth-order valence-electron chi connectivity index (χ4n) is 15.9. The van der Waals surface area contributed by atoms with Crippen molar-refractivity contribution in [1.82, 2.24) is 58.7 Å². The van der Waals surface area contributed by atoms with E-state index in [2.05, 4.69) is 264 Å². The molecule has 6 aromatic heterocycles. The van der Waals surface area contributed by atoms with E-state index in [1.54, 1.807) is 44.6 Å². The van der Waals surface area contributed by atoms with Gasteiger partial charge in [-0.25, -0.2) is 17.9 Å². The molecule has 18 nitrogen and oxygen atoms in total. The van der Waals surface area contributed by atoms with Crippen molar-refractivity contribution in [3.8, 4) is 0 Å². The second-order valence-electron chi connectivity index (χ2n) is 42.0. The molecule has 0 aliphatic heterocycles. The molecule has 12 rings (SSSR count). The number of ketones is 6. The monoisotopic (exact) mass is 2070 g/mol.